The minimum Gasteiger partial charge on any atom is -0.314 e. The molecule has 1 N–H and O–H groups in total. The number of nitrogens with zero attached hydrogens (tertiary/aromatic N) is 1. The molecule has 16 heavy (non-hydrogen) atoms. The van der Waals surface area contributed by atoms with Crippen LogP contribution in [0, 0.1) is 5.41 Å². The lowest BCUT2D eigenvalue weighted by atomic mass is 9.84. The molecule has 96 valence electrons. The summed E-state index contributed by atoms with van der Waals surface area (Å²) in [5, 5.41) is 3.59. The number of rotatable bonds is 7. The molecule has 2 heteroatoms. The van der Waals surface area contributed by atoms with Crippen molar-refractivity contribution in [3.8, 4) is 0 Å². The van der Waals surface area contributed by atoms with Gasteiger partial charge in [0, 0.05) is 25.2 Å². The van der Waals surface area contributed by atoms with Crippen molar-refractivity contribution in [1.29, 1.82) is 0 Å². The largest absolute Gasteiger partial charge is 0.314 e. The molecule has 2 nitrogen and oxygen atoms in total. The van der Waals surface area contributed by atoms with E-state index in [4.69, 9.17) is 0 Å². The van der Waals surface area contributed by atoms with Gasteiger partial charge in [-0.3, -0.25) is 0 Å². The van der Waals surface area contributed by atoms with Crippen LogP contribution in [0.15, 0.2) is 0 Å². The standard InChI is InChI=1S/C14H30N2/c1-6-14(4,10-15-12(2)3)11-16(5)13-8-7-9-13/h12-13,15H,6-11H2,1-5H3. The Morgan fingerprint density at radius 2 is 2.00 bits per heavy atom. The van der Waals surface area contributed by atoms with Crippen molar-refractivity contribution in [2.24, 2.45) is 5.41 Å². The molecule has 0 heterocycles. The van der Waals surface area contributed by atoms with Gasteiger partial charge in [0.25, 0.3) is 0 Å². The molecule has 1 fully saturated rings. The van der Waals surface area contributed by atoms with Gasteiger partial charge in [0.15, 0.2) is 0 Å². The van der Waals surface area contributed by atoms with Gasteiger partial charge in [-0.05, 0) is 31.7 Å². The monoisotopic (exact) mass is 226 g/mol. The normalized spacial score (nSPS) is 21.2. The Hall–Kier alpha value is -0.0800. The van der Waals surface area contributed by atoms with Crippen LogP contribution >= 0.6 is 0 Å². The van der Waals surface area contributed by atoms with Crippen molar-refractivity contribution in [2.45, 2.75) is 65.5 Å². The first kappa shape index (κ1) is 14.0. The topological polar surface area (TPSA) is 15.3 Å². The van der Waals surface area contributed by atoms with Crippen molar-refractivity contribution >= 4 is 0 Å². The van der Waals surface area contributed by atoms with Crippen LogP contribution in [0.25, 0.3) is 0 Å². The zero-order chi connectivity index (χ0) is 12.2. The fraction of sp³-hybridized carbons (Fsp3) is 1.00. The molecule has 0 aromatic heterocycles. The number of hydrogen-bond donors (Lipinski definition) is 1. The van der Waals surface area contributed by atoms with Gasteiger partial charge < -0.3 is 10.2 Å². The maximum absolute atomic E-state index is 3.59. The SMILES string of the molecule is CCC(C)(CNC(C)C)CN(C)C1CCC1. The molecule has 0 saturated heterocycles. The number of nitrogens with one attached hydrogen (secondary N) is 1. The van der Waals surface area contributed by atoms with Crippen LogP contribution in [0.4, 0.5) is 0 Å². The highest BCUT2D eigenvalue weighted by Crippen LogP contribution is 2.28. The predicted molar refractivity (Wildman–Crippen MR) is 71.8 cm³/mol. The molecule has 0 aromatic rings. The lowest BCUT2D eigenvalue weighted by molar-refractivity contribution is 0.0966. The summed E-state index contributed by atoms with van der Waals surface area (Å²) in [4.78, 5) is 2.58. The average molecular weight is 226 g/mol. The molecule has 0 amide bonds. The highest BCUT2D eigenvalue weighted by Gasteiger charge is 2.29. The fourth-order valence-electron chi connectivity index (χ4n) is 2.30. The average Bonchev–Trinajstić information content (AvgIpc) is 2.12. The summed E-state index contributed by atoms with van der Waals surface area (Å²) >= 11 is 0. The smallest absolute Gasteiger partial charge is 0.00924 e. The quantitative estimate of drug-likeness (QED) is 0.718. The molecular weight excluding hydrogens is 196 g/mol. The molecular formula is C14H30N2. The van der Waals surface area contributed by atoms with Gasteiger partial charge in [-0.25, -0.2) is 0 Å². The van der Waals surface area contributed by atoms with Gasteiger partial charge in [0.1, 0.15) is 0 Å². The minimum atomic E-state index is 0.425. The third-order valence-electron chi connectivity index (χ3n) is 4.12. The van der Waals surface area contributed by atoms with E-state index in [9.17, 15) is 0 Å². The van der Waals surface area contributed by atoms with Crippen molar-refractivity contribution in [2.75, 3.05) is 20.1 Å². The van der Waals surface area contributed by atoms with Gasteiger partial charge in [0.05, 0.1) is 0 Å². The lowest BCUT2D eigenvalue weighted by Gasteiger charge is -2.41. The minimum absolute atomic E-state index is 0.425. The van der Waals surface area contributed by atoms with E-state index in [1.807, 2.05) is 0 Å². The van der Waals surface area contributed by atoms with E-state index in [2.05, 4.69) is 45.0 Å². The Balaban J connectivity index is 2.37. The van der Waals surface area contributed by atoms with Gasteiger partial charge in [0.2, 0.25) is 0 Å². The van der Waals surface area contributed by atoms with Gasteiger partial charge in [-0.2, -0.15) is 0 Å². The first-order chi connectivity index (χ1) is 7.47. The second-order valence-electron chi connectivity index (χ2n) is 6.20. The zero-order valence-corrected chi connectivity index (χ0v) is 11.8. The van der Waals surface area contributed by atoms with Crippen molar-refractivity contribution in [3.63, 3.8) is 0 Å². The van der Waals surface area contributed by atoms with Crippen LogP contribution in [0.1, 0.15) is 53.4 Å². The molecule has 1 aliphatic carbocycles. The second-order valence-corrected chi connectivity index (χ2v) is 6.20. The molecule has 0 bridgehead atoms. The fourth-order valence-corrected chi connectivity index (χ4v) is 2.30. The Morgan fingerprint density at radius 1 is 1.38 bits per heavy atom. The van der Waals surface area contributed by atoms with Crippen LogP contribution in [-0.2, 0) is 0 Å². The summed E-state index contributed by atoms with van der Waals surface area (Å²) < 4.78 is 0. The van der Waals surface area contributed by atoms with Crippen LogP contribution < -0.4 is 5.32 Å². The zero-order valence-electron chi connectivity index (χ0n) is 11.8. The van der Waals surface area contributed by atoms with E-state index in [1.54, 1.807) is 0 Å². The predicted octanol–water partition coefficient (Wildman–Crippen LogP) is 2.89. The Bertz CT molecular complexity index is 199. The van der Waals surface area contributed by atoms with Gasteiger partial charge in [-0.1, -0.05) is 34.1 Å². The summed E-state index contributed by atoms with van der Waals surface area (Å²) in [6, 6.07) is 1.46. The second kappa shape index (κ2) is 6.02. The first-order valence-corrected chi connectivity index (χ1v) is 6.90. The highest BCUT2D eigenvalue weighted by atomic mass is 15.1. The first-order valence-electron chi connectivity index (χ1n) is 6.90. The van der Waals surface area contributed by atoms with E-state index in [1.165, 1.54) is 32.2 Å². The summed E-state index contributed by atoms with van der Waals surface area (Å²) in [5.74, 6) is 0. The van der Waals surface area contributed by atoms with E-state index >= 15 is 0 Å². The summed E-state index contributed by atoms with van der Waals surface area (Å²) in [6.07, 6.45) is 5.51. The summed E-state index contributed by atoms with van der Waals surface area (Å²) in [6.45, 7) is 11.6. The maximum atomic E-state index is 3.59. The van der Waals surface area contributed by atoms with E-state index in [-0.39, 0.29) is 0 Å². The Kier molecular flexibility index (Phi) is 5.26. The van der Waals surface area contributed by atoms with Gasteiger partial charge in [-0.15, -0.1) is 0 Å². The van der Waals surface area contributed by atoms with Crippen molar-refractivity contribution in [1.82, 2.24) is 10.2 Å². The molecule has 1 saturated carbocycles. The molecule has 1 atom stereocenters. The molecule has 0 radical (unpaired) electrons. The maximum Gasteiger partial charge on any atom is 0.00924 e. The highest BCUT2D eigenvalue weighted by molar-refractivity contribution is 4.85. The third-order valence-corrected chi connectivity index (χ3v) is 4.12. The summed E-state index contributed by atoms with van der Waals surface area (Å²) in [7, 11) is 2.30. The molecule has 0 spiro atoms. The molecule has 1 rings (SSSR count). The van der Waals surface area contributed by atoms with E-state index < -0.39 is 0 Å². The Morgan fingerprint density at radius 3 is 2.38 bits per heavy atom. The van der Waals surface area contributed by atoms with E-state index in [0.29, 0.717) is 11.5 Å². The molecule has 1 unspecified atom stereocenters. The van der Waals surface area contributed by atoms with Crippen molar-refractivity contribution in [3.05, 3.63) is 0 Å². The third kappa shape index (κ3) is 4.06. The molecule has 0 aromatic carbocycles. The van der Waals surface area contributed by atoms with Crippen LogP contribution in [0.2, 0.25) is 0 Å². The number of hydrogen-bond acceptors (Lipinski definition) is 2. The van der Waals surface area contributed by atoms with Gasteiger partial charge >= 0.3 is 0 Å². The molecule has 0 aliphatic heterocycles. The Labute approximate surface area is 102 Å². The van der Waals surface area contributed by atoms with E-state index in [0.717, 1.165) is 12.6 Å². The lowest BCUT2D eigenvalue weighted by Crippen LogP contribution is -2.47. The molecule has 1 aliphatic rings. The van der Waals surface area contributed by atoms with Crippen LogP contribution in [0.3, 0.4) is 0 Å². The van der Waals surface area contributed by atoms with Crippen LogP contribution in [0.5, 0.6) is 0 Å². The summed E-state index contributed by atoms with van der Waals surface area (Å²) in [5.41, 5.74) is 0.425. The van der Waals surface area contributed by atoms with Crippen LogP contribution in [-0.4, -0.2) is 37.1 Å². The van der Waals surface area contributed by atoms with Crippen molar-refractivity contribution < 1.29 is 0 Å².